The van der Waals surface area contributed by atoms with Crippen LogP contribution in [0.2, 0.25) is 0 Å². The fourth-order valence-corrected chi connectivity index (χ4v) is 2.66. The molecule has 0 amide bonds. The third-order valence-corrected chi connectivity index (χ3v) is 3.76. The molecule has 1 unspecified atom stereocenters. The minimum absolute atomic E-state index is 0.269. The first-order valence-corrected chi connectivity index (χ1v) is 7.98. The van der Waals surface area contributed by atoms with Crippen LogP contribution in [-0.4, -0.2) is 34.5 Å². The van der Waals surface area contributed by atoms with E-state index in [4.69, 9.17) is 9.47 Å². The summed E-state index contributed by atoms with van der Waals surface area (Å²) in [5, 5.41) is -9.81. The van der Waals surface area contributed by atoms with Crippen LogP contribution in [0, 0.1) is 0 Å². The van der Waals surface area contributed by atoms with Gasteiger partial charge in [-0.1, -0.05) is 6.07 Å². The number of ether oxygens (including phenoxy) is 4. The standard InChI is InChI=1S/C15H10Cl2F4O7/c1-6(22)25-9-4-3-8(5-10(9)26-7(2)23)11-12(24)28-13(27-11,14(16,18)19)15(17,20)21/h3-5,11H,1-2H3. The van der Waals surface area contributed by atoms with E-state index in [2.05, 4.69) is 32.7 Å². The van der Waals surface area contributed by atoms with Crippen molar-refractivity contribution in [2.45, 2.75) is 36.5 Å². The van der Waals surface area contributed by atoms with E-state index in [0.29, 0.717) is 0 Å². The third-order valence-electron chi connectivity index (χ3n) is 3.27. The highest BCUT2D eigenvalue weighted by Crippen LogP contribution is 2.55. The van der Waals surface area contributed by atoms with Gasteiger partial charge in [0.15, 0.2) is 17.6 Å². The zero-order valence-electron chi connectivity index (χ0n) is 13.9. The van der Waals surface area contributed by atoms with E-state index in [-0.39, 0.29) is 11.3 Å². The van der Waals surface area contributed by atoms with Gasteiger partial charge in [-0.2, -0.15) is 17.6 Å². The lowest BCUT2D eigenvalue weighted by Gasteiger charge is -2.32. The Morgan fingerprint density at radius 3 is 1.96 bits per heavy atom. The number of carbonyl (C=O) groups excluding carboxylic acids is 3. The Balaban J connectivity index is 2.49. The summed E-state index contributed by atoms with van der Waals surface area (Å²) in [6, 6.07) is 2.90. The zero-order valence-corrected chi connectivity index (χ0v) is 15.4. The van der Waals surface area contributed by atoms with Gasteiger partial charge in [-0.05, 0) is 40.9 Å². The molecular formula is C15H10Cl2F4O7. The molecule has 1 aromatic rings. The highest BCUT2D eigenvalue weighted by atomic mass is 35.5. The van der Waals surface area contributed by atoms with Crippen LogP contribution in [0.5, 0.6) is 11.5 Å². The lowest BCUT2D eigenvalue weighted by molar-refractivity contribution is -0.325. The second-order valence-corrected chi connectivity index (χ2v) is 6.37. The summed E-state index contributed by atoms with van der Waals surface area (Å²) in [5.74, 6) is -8.29. The fourth-order valence-electron chi connectivity index (χ4n) is 2.21. The first-order valence-electron chi connectivity index (χ1n) is 7.23. The van der Waals surface area contributed by atoms with E-state index in [0.717, 1.165) is 32.0 Å². The Hall–Kier alpha value is -2.11. The maximum absolute atomic E-state index is 13.6. The van der Waals surface area contributed by atoms with E-state index in [9.17, 15) is 31.9 Å². The smallest absolute Gasteiger partial charge is 0.393 e. The number of alkyl halides is 6. The van der Waals surface area contributed by atoms with Crippen LogP contribution in [0.25, 0.3) is 0 Å². The Kier molecular flexibility index (Phi) is 5.84. The van der Waals surface area contributed by atoms with Gasteiger partial charge in [0, 0.05) is 13.8 Å². The molecule has 28 heavy (non-hydrogen) atoms. The summed E-state index contributed by atoms with van der Waals surface area (Å²) in [5.41, 5.74) is -0.346. The molecule has 7 nitrogen and oxygen atoms in total. The molecule has 13 heteroatoms. The second-order valence-electron chi connectivity index (χ2n) is 5.42. The van der Waals surface area contributed by atoms with E-state index < -0.39 is 46.3 Å². The lowest BCUT2D eigenvalue weighted by Crippen LogP contribution is -2.57. The van der Waals surface area contributed by atoms with Gasteiger partial charge in [-0.3, -0.25) is 9.59 Å². The average molecular weight is 449 g/mol. The molecule has 1 heterocycles. The number of carbonyl (C=O) groups is 3. The van der Waals surface area contributed by atoms with Gasteiger partial charge < -0.3 is 18.9 Å². The van der Waals surface area contributed by atoms with Crippen molar-refractivity contribution in [3.63, 3.8) is 0 Å². The van der Waals surface area contributed by atoms with Gasteiger partial charge in [0.2, 0.25) is 0 Å². The molecule has 2 rings (SSSR count). The van der Waals surface area contributed by atoms with Gasteiger partial charge >= 0.3 is 34.5 Å². The predicted molar refractivity (Wildman–Crippen MR) is 83.3 cm³/mol. The highest BCUT2D eigenvalue weighted by molar-refractivity contribution is 6.26. The molecule has 0 N–H and O–H groups in total. The van der Waals surface area contributed by atoms with E-state index >= 15 is 0 Å². The van der Waals surface area contributed by atoms with Crippen molar-refractivity contribution in [1.82, 2.24) is 0 Å². The molecule has 1 aromatic carbocycles. The maximum Gasteiger partial charge on any atom is 0.393 e. The minimum Gasteiger partial charge on any atom is -0.423 e. The van der Waals surface area contributed by atoms with Crippen LogP contribution >= 0.6 is 23.2 Å². The molecule has 1 saturated heterocycles. The first kappa shape index (κ1) is 22.2. The normalized spacial score (nSPS) is 19.1. The Labute approximate surface area is 164 Å². The van der Waals surface area contributed by atoms with E-state index in [1.807, 2.05) is 0 Å². The number of cyclic esters (lactones) is 1. The minimum atomic E-state index is -4.90. The molecular weight excluding hydrogens is 439 g/mol. The van der Waals surface area contributed by atoms with Crippen molar-refractivity contribution in [3.05, 3.63) is 23.8 Å². The Bertz CT molecular complexity index is 806. The molecule has 1 aliphatic rings. The summed E-state index contributed by atoms with van der Waals surface area (Å²) in [6.07, 6.45) is -2.13. The van der Waals surface area contributed by atoms with Gasteiger partial charge in [0.25, 0.3) is 0 Å². The Morgan fingerprint density at radius 2 is 1.54 bits per heavy atom. The summed E-state index contributed by atoms with van der Waals surface area (Å²) in [4.78, 5) is 34.2. The summed E-state index contributed by atoms with van der Waals surface area (Å²) < 4.78 is 72.4. The van der Waals surface area contributed by atoms with Gasteiger partial charge in [-0.25, -0.2) is 4.79 Å². The number of hydrogen-bond donors (Lipinski definition) is 0. The zero-order chi connectivity index (χ0) is 21.5. The summed E-state index contributed by atoms with van der Waals surface area (Å²) in [7, 11) is 0. The third kappa shape index (κ3) is 4.15. The molecule has 0 saturated carbocycles. The van der Waals surface area contributed by atoms with Crippen LogP contribution in [-0.2, 0) is 23.9 Å². The van der Waals surface area contributed by atoms with Crippen LogP contribution in [0.15, 0.2) is 18.2 Å². The molecule has 0 spiro atoms. The predicted octanol–water partition coefficient (Wildman–Crippen LogP) is 3.51. The number of halogens is 6. The quantitative estimate of drug-likeness (QED) is 0.294. The molecule has 1 fully saturated rings. The fraction of sp³-hybridized carbons (Fsp3) is 0.400. The first-order chi connectivity index (χ1) is 12.7. The van der Waals surface area contributed by atoms with Crippen molar-refractivity contribution in [2.24, 2.45) is 0 Å². The number of esters is 3. The van der Waals surface area contributed by atoms with Crippen molar-refractivity contribution in [2.75, 3.05) is 0 Å². The topological polar surface area (TPSA) is 88.1 Å². The Morgan fingerprint density at radius 1 is 1.04 bits per heavy atom. The lowest BCUT2D eigenvalue weighted by atomic mass is 10.1. The van der Waals surface area contributed by atoms with Crippen LogP contribution < -0.4 is 9.47 Å². The molecule has 0 aliphatic carbocycles. The maximum atomic E-state index is 13.6. The van der Waals surface area contributed by atoms with Crippen molar-refractivity contribution in [3.8, 4) is 11.5 Å². The SMILES string of the molecule is CC(=O)Oc1ccc(C2OC(C(F)(F)Cl)(C(F)(F)Cl)OC2=O)cc1OC(C)=O. The molecule has 0 bridgehead atoms. The second kappa shape index (κ2) is 7.37. The van der Waals surface area contributed by atoms with Crippen LogP contribution in [0.4, 0.5) is 17.6 Å². The van der Waals surface area contributed by atoms with Crippen molar-refractivity contribution < 1.29 is 50.9 Å². The van der Waals surface area contributed by atoms with E-state index in [1.165, 1.54) is 0 Å². The highest BCUT2D eigenvalue weighted by Gasteiger charge is 2.77. The molecule has 0 aromatic heterocycles. The molecule has 1 atom stereocenters. The van der Waals surface area contributed by atoms with Gasteiger partial charge in [0.05, 0.1) is 0 Å². The van der Waals surface area contributed by atoms with Gasteiger partial charge in [-0.15, -0.1) is 0 Å². The molecule has 1 aliphatic heterocycles. The monoisotopic (exact) mass is 448 g/mol. The number of hydrogen-bond acceptors (Lipinski definition) is 7. The summed E-state index contributed by atoms with van der Waals surface area (Å²) in [6.45, 7) is 2.04. The van der Waals surface area contributed by atoms with Crippen molar-refractivity contribution >= 4 is 41.1 Å². The largest absolute Gasteiger partial charge is 0.423 e. The molecule has 0 radical (unpaired) electrons. The average Bonchev–Trinajstić information content (AvgIpc) is 2.86. The molecule has 154 valence electrons. The van der Waals surface area contributed by atoms with Crippen LogP contribution in [0.3, 0.4) is 0 Å². The summed E-state index contributed by atoms with van der Waals surface area (Å²) >= 11 is 9.31. The number of benzene rings is 1. The van der Waals surface area contributed by atoms with E-state index in [1.54, 1.807) is 0 Å². The van der Waals surface area contributed by atoms with Gasteiger partial charge in [0.1, 0.15) is 0 Å². The van der Waals surface area contributed by atoms with Crippen LogP contribution in [0.1, 0.15) is 25.5 Å². The van der Waals surface area contributed by atoms with Crippen molar-refractivity contribution in [1.29, 1.82) is 0 Å². The number of rotatable bonds is 5.